The van der Waals surface area contributed by atoms with Crippen LogP contribution in [0.1, 0.15) is 55.2 Å². The van der Waals surface area contributed by atoms with Gasteiger partial charge in [0, 0.05) is 17.9 Å². The van der Waals surface area contributed by atoms with E-state index in [1.807, 2.05) is 0 Å². The lowest BCUT2D eigenvalue weighted by Gasteiger charge is -2.43. The summed E-state index contributed by atoms with van der Waals surface area (Å²) in [5.41, 5.74) is 6.16. The molecule has 0 amide bonds. The molecule has 178 valence electrons. The van der Waals surface area contributed by atoms with Gasteiger partial charge in [0.25, 0.3) is 0 Å². The van der Waals surface area contributed by atoms with Gasteiger partial charge >= 0.3 is 6.18 Å². The highest BCUT2D eigenvalue weighted by Gasteiger charge is 2.39. The van der Waals surface area contributed by atoms with Gasteiger partial charge in [-0.15, -0.1) is 0 Å². The maximum atomic E-state index is 12.7. The van der Waals surface area contributed by atoms with Crippen LogP contribution in [0, 0.1) is 17.2 Å². The van der Waals surface area contributed by atoms with Gasteiger partial charge in [-0.25, -0.2) is 0 Å². The monoisotopic (exact) mass is 464 g/mol. The van der Waals surface area contributed by atoms with E-state index in [0.29, 0.717) is 17.3 Å². The summed E-state index contributed by atoms with van der Waals surface area (Å²) in [7, 11) is 0. The Balaban J connectivity index is 1.52. The van der Waals surface area contributed by atoms with Crippen molar-refractivity contribution in [3.8, 4) is 6.07 Å². The Hall–Kier alpha value is -2.65. The second-order valence-electron chi connectivity index (χ2n) is 8.71. The van der Waals surface area contributed by atoms with Crippen molar-refractivity contribution in [3.63, 3.8) is 0 Å². The Bertz CT molecular complexity index is 997. The molecule has 1 saturated carbocycles. The highest BCUT2D eigenvalue weighted by atomic mass is 19.4. The molecule has 0 radical (unpaired) electrons. The molecule has 5 atom stereocenters. The molecule has 0 bridgehead atoms. The lowest BCUT2D eigenvalue weighted by atomic mass is 9.81. The quantitative estimate of drug-likeness (QED) is 0.485. The zero-order valence-electron chi connectivity index (χ0n) is 17.9. The number of anilines is 2. The summed E-state index contributed by atoms with van der Waals surface area (Å²) in [6, 6.07) is 7.74. The van der Waals surface area contributed by atoms with Gasteiger partial charge in [-0.2, -0.15) is 23.5 Å². The van der Waals surface area contributed by atoms with Crippen molar-refractivity contribution in [1.82, 2.24) is 14.7 Å². The third-order valence-corrected chi connectivity index (χ3v) is 6.58. The minimum atomic E-state index is -4.75. The molecular weight excluding hydrogens is 437 g/mol. The lowest BCUT2D eigenvalue weighted by Crippen LogP contribution is -2.48. The third kappa shape index (κ3) is 4.99. The number of likely N-dealkylation sites (tertiary alicyclic amines) is 1. The summed E-state index contributed by atoms with van der Waals surface area (Å²) in [4.78, 5) is 2.41. The van der Waals surface area contributed by atoms with Crippen molar-refractivity contribution in [3.05, 3.63) is 41.6 Å². The molecule has 1 aliphatic carbocycles. The number of aromatic nitrogens is 2. The van der Waals surface area contributed by atoms with Crippen LogP contribution >= 0.6 is 0 Å². The van der Waals surface area contributed by atoms with Crippen molar-refractivity contribution < 1.29 is 23.4 Å². The maximum Gasteiger partial charge on any atom is 0.418 e. The van der Waals surface area contributed by atoms with E-state index in [-0.39, 0.29) is 23.3 Å². The molecular formula is C22H27F3N6O2. The molecule has 2 aliphatic rings. The standard InChI is InChI=1S/C22H27F3N6O2/c23-22(24,25)19(32)13-2-4-15(5-3-13)28-21-17(20(27)33)12-31(29-21)18-7-6-16(10-14(18)11-26)30-8-1-9-30/h2-5,12,14,16,18-20,32-33H,1,6-10,27H2,(H,28,29)/t14-,16-,18+,19-,20?/m1/s1. The molecule has 1 aromatic carbocycles. The zero-order chi connectivity index (χ0) is 23.8. The van der Waals surface area contributed by atoms with Crippen LogP contribution in [0.2, 0.25) is 0 Å². The van der Waals surface area contributed by atoms with Gasteiger partial charge in [0.1, 0.15) is 6.23 Å². The lowest BCUT2D eigenvalue weighted by molar-refractivity contribution is -0.206. The summed E-state index contributed by atoms with van der Waals surface area (Å²) in [5, 5.41) is 36.7. The van der Waals surface area contributed by atoms with Crippen LogP contribution in [0.25, 0.3) is 0 Å². The summed E-state index contributed by atoms with van der Waals surface area (Å²) >= 11 is 0. The second kappa shape index (κ2) is 9.30. The van der Waals surface area contributed by atoms with Gasteiger partial charge in [-0.3, -0.25) is 4.68 Å². The van der Waals surface area contributed by atoms with Crippen LogP contribution in [0.3, 0.4) is 0 Å². The Morgan fingerprint density at radius 2 is 1.88 bits per heavy atom. The molecule has 1 saturated heterocycles. The Morgan fingerprint density at radius 1 is 1.18 bits per heavy atom. The predicted octanol–water partition coefficient (Wildman–Crippen LogP) is 3.11. The van der Waals surface area contributed by atoms with E-state index in [1.54, 1.807) is 10.9 Å². The number of aliphatic hydroxyl groups is 2. The van der Waals surface area contributed by atoms with Gasteiger partial charge in [0.05, 0.1) is 23.6 Å². The van der Waals surface area contributed by atoms with Gasteiger partial charge < -0.3 is 26.2 Å². The average molecular weight is 464 g/mol. The molecule has 11 heteroatoms. The van der Waals surface area contributed by atoms with Crippen molar-refractivity contribution in [2.45, 2.75) is 56.3 Å². The normalized spacial score (nSPS) is 25.7. The van der Waals surface area contributed by atoms with E-state index in [2.05, 4.69) is 21.4 Å². The zero-order valence-corrected chi connectivity index (χ0v) is 17.9. The molecule has 2 aromatic rings. The van der Waals surface area contributed by atoms with Gasteiger partial charge in [-0.05, 0) is 56.5 Å². The molecule has 4 rings (SSSR count). The minimum absolute atomic E-state index is 0.162. The number of aliphatic hydroxyl groups excluding tert-OH is 2. The fourth-order valence-electron chi connectivity index (χ4n) is 4.59. The van der Waals surface area contributed by atoms with Crippen LogP contribution < -0.4 is 11.1 Å². The van der Waals surface area contributed by atoms with Crippen molar-refractivity contribution in [2.24, 2.45) is 11.7 Å². The van der Waals surface area contributed by atoms with E-state index in [9.17, 15) is 28.6 Å². The van der Waals surface area contributed by atoms with E-state index in [0.717, 1.165) is 32.4 Å². The molecule has 2 fully saturated rings. The number of nitriles is 1. The number of nitrogens with one attached hydrogen (secondary N) is 1. The molecule has 2 heterocycles. The molecule has 1 aromatic heterocycles. The smallest absolute Gasteiger partial charge is 0.379 e. The number of benzene rings is 1. The molecule has 8 nitrogen and oxygen atoms in total. The van der Waals surface area contributed by atoms with E-state index in [1.165, 1.54) is 30.7 Å². The highest BCUT2D eigenvalue weighted by Crippen LogP contribution is 2.38. The molecule has 5 N–H and O–H groups in total. The van der Waals surface area contributed by atoms with Crippen molar-refractivity contribution >= 4 is 11.5 Å². The van der Waals surface area contributed by atoms with Crippen LogP contribution in [-0.4, -0.2) is 50.2 Å². The van der Waals surface area contributed by atoms with Crippen LogP contribution in [0.5, 0.6) is 0 Å². The van der Waals surface area contributed by atoms with Gasteiger partial charge in [0.15, 0.2) is 11.9 Å². The number of hydrogen-bond acceptors (Lipinski definition) is 7. The predicted molar refractivity (Wildman–Crippen MR) is 114 cm³/mol. The van der Waals surface area contributed by atoms with Crippen LogP contribution in [-0.2, 0) is 0 Å². The van der Waals surface area contributed by atoms with Crippen molar-refractivity contribution in [2.75, 3.05) is 18.4 Å². The largest absolute Gasteiger partial charge is 0.418 e. The number of alkyl halides is 3. The topological polar surface area (TPSA) is 123 Å². The summed E-state index contributed by atoms with van der Waals surface area (Å²) in [6.45, 7) is 2.15. The number of nitrogens with two attached hydrogens (primary N) is 1. The first-order valence-corrected chi connectivity index (χ1v) is 11.0. The van der Waals surface area contributed by atoms with Crippen LogP contribution in [0.15, 0.2) is 30.5 Å². The third-order valence-electron chi connectivity index (χ3n) is 6.58. The van der Waals surface area contributed by atoms with E-state index in [4.69, 9.17) is 5.73 Å². The molecule has 33 heavy (non-hydrogen) atoms. The SMILES string of the molecule is N#C[C@H]1C[C@H](N2CCC2)CC[C@@H]1n1cc(C(N)O)c(Nc2ccc([C@@H](O)C(F)(F)F)cc2)n1. The molecule has 1 aliphatic heterocycles. The highest BCUT2D eigenvalue weighted by molar-refractivity contribution is 5.60. The summed E-state index contributed by atoms with van der Waals surface area (Å²) < 4.78 is 39.8. The van der Waals surface area contributed by atoms with Crippen molar-refractivity contribution in [1.29, 1.82) is 5.26 Å². The second-order valence-corrected chi connectivity index (χ2v) is 8.71. The van der Waals surface area contributed by atoms with Gasteiger partial charge in [-0.1, -0.05) is 12.1 Å². The molecule has 0 spiro atoms. The Morgan fingerprint density at radius 3 is 2.42 bits per heavy atom. The number of hydrogen-bond donors (Lipinski definition) is 4. The van der Waals surface area contributed by atoms with Crippen LogP contribution in [0.4, 0.5) is 24.7 Å². The first-order valence-electron chi connectivity index (χ1n) is 11.0. The first-order chi connectivity index (χ1) is 15.7. The number of halogens is 3. The minimum Gasteiger partial charge on any atom is -0.379 e. The average Bonchev–Trinajstić information content (AvgIpc) is 3.15. The first kappa shape index (κ1) is 23.5. The number of rotatable bonds is 6. The number of nitrogens with zero attached hydrogens (tertiary/aromatic N) is 4. The fraction of sp³-hybridized carbons (Fsp3) is 0.545. The van der Waals surface area contributed by atoms with E-state index < -0.39 is 18.5 Å². The fourth-order valence-corrected chi connectivity index (χ4v) is 4.59. The maximum absolute atomic E-state index is 12.7. The summed E-state index contributed by atoms with van der Waals surface area (Å²) in [6.07, 6.45) is -3.36. The summed E-state index contributed by atoms with van der Waals surface area (Å²) in [5.74, 6) is 0.0266. The Labute approximate surface area is 189 Å². The molecule has 1 unspecified atom stereocenters. The van der Waals surface area contributed by atoms with E-state index >= 15 is 0 Å². The Kier molecular flexibility index (Phi) is 6.63. The van der Waals surface area contributed by atoms with Gasteiger partial charge in [0.2, 0.25) is 0 Å².